The van der Waals surface area contributed by atoms with Crippen LogP contribution in [0.15, 0.2) is 12.3 Å². The van der Waals surface area contributed by atoms with Crippen molar-refractivity contribution in [2.24, 2.45) is 0 Å². The topological polar surface area (TPSA) is 67.4 Å². The monoisotopic (exact) mass is 264 g/mol. The third kappa shape index (κ3) is 3.41. The van der Waals surface area contributed by atoms with Gasteiger partial charge in [0.05, 0.1) is 7.11 Å². The molecule has 104 valence electrons. The van der Waals surface area contributed by atoms with Crippen molar-refractivity contribution in [2.75, 3.05) is 31.6 Å². The summed E-state index contributed by atoms with van der Waals surface area (Å²) in [6, 6.07) is 2.32. The Hall–Kier alpha value is -1.69. The van der Waals surface area contributed by atoms with Gasteiger partial charge in [0.2, 0.25) is 5.82 Å². The van der Waals surface area contributed by atoms with Gasteiger partial charge in [0.25, 0.3) is 0 Å². The second-order valence-electron chi connectivity index (χ2n) is 4.56. The number of methoxy groups -OCH3 is 1. The Bertz CT molecular complexity index is 432. The predicted molar refractivity (Wildman–Crippen MR) is 72.3 cm³/mol. The van der Waals surface area contributed by atoms with E-state index in [1.165, 1.54) is 20.0 Å². The first-order chi connectivity index (χ1) is 9.24. The Morgan fingerprint density at radius 2 is 2.47 bits per heavy atom. The number of nitrogens with zero attached hydrogens (tertiary/aromatic N) is 3. The first-order valence-electron chi connectivity index (χ1n) is 6.64. The number of esters is 1. The fourth-order valence-electron chi connectivity index (χ4n) is 2.28. The number of carbonyl (C=O) groups excluding carboxylic acids is 1. The van der Waals surface area contributed by atoms with Gasteiger partial charge in [0, 0.05) is 25.3 Å². The lowest BCUT2D eigenvalue weighted by Gasteiger charge is -2.25. The molecule has 0 spiro atoms. The quantitative estimate of drug-likeness (QED) is 0.795. The number of carbonyl (C=O) groups is 1. The van der Waals surface area contributed by atoms with Gasteiger partial charge in [0.15, 0.2) is 0 Å². The van der Waals surface area contributed by atoms with E-state index in [-0.39, 0.29) is 5.82 Å². The van der Waals surface area contributed by atoms with Crippen LogP contribution in [-0.2, 0) is 4.74 Å². The molecule has 2 heterocycles. The van der Waals surface area contributed by atoms with Crippen LogP contribution in [0.1, 0.15) is 30.4 Å². The minimum Gasteiger partial charge on any atom is -0.463 e. The van der Waals surface area contributed by atoms with E-state index in [4.69, 9.17) is 0 Å². The van der Waals surface area contributed by atoms with Crippen molar-refractivity contribution in [3.05, 3.63) is 18.1 Å². The van der Waals surface area contributed by atoms with Gasteiger partial charge >= 0.3 is 5.97 Å². The van der Waals surface area contributed by atoms with Crippen LogP contribution < -0.4 is 10.2 Å². The smallest absolute Gasteiger partial charge is 0.376 e. The molecule has 1 aliphatic rings. The van der Waals surface area contributed by atoms with Gasteiger partial charge in [-0.2, -0.15) is 0 Å². The molecule has 1 unspecified atom stereocenters. The van der Waals surface area contributed by atoms with Gasteiger partial charge in [-0.3, -0.25) is 0 Å². The molecule has 1 aliphatic heterocycles. The second-order valence-corrected chi connectivity index (χ2v) is 4.56. The Morgan fingerprint density at radius 3 is 3.11 bits per heavy atom. The number of ether oxygens (including phenoxy) is 1. The van der Waals surface area contributed by atoms with Crippen LogP contribution >= 0.6 is 0 Å². The van der Waals surface area contributed by atoms with E-state index in [1.807, 2.05) is 6.07 Å². The van der Waals surface area contributed by atoms with Crippen molar-refractivity contribution < 1.29 is 9.53 Å². The Balaban J connectivity index is 2.10. The zero-order valence-corrected chi connectivity index (χ0v) is 11.4. The van der Waals surface area contributed by atoms with Gasteiger partial charge in [-0.15, -0.1) is 0 Å². The van der Waals surface area contributed by atoms with Crippen molar-refractivity contribution in [3.8, 4) is 0 Å². The SMILES string of the molecule is CCN(CC1CCCN1)c1ccnc(C(=O)OC)n1. The Morgan fingerprint density at radius 1 is 1.63 bits per heavy atom. The maximum atomic E-state index is 11.4. The van der Waals surface area contributed by atoms with Crippen LogP contribution in [0.2, 0.25) is 0 Å². The molecule has 1 N–H and O–H groups in total. The van der Waals surface area contributed by atoms with Crippen LogP contribution in [-0.4, -0.2) is 48.7 Å². The van der Waals surface area contributed by atoms with Gasteiger partial charge in [-0.1, -0.05) is 0 Å². The highest BCUT2D eigenvalue weighted by atomic mass is 16.5. The van der Waals surface area contributed by atoms with Crippen molar-refractivity contribution in [2.45, 2.75) is 25.8 Å². The number of hydrogen-bond donors (Lipinski definition) is 1. The summed E-state index contributed by atoms with van der Waals surface area (Å²) in [7, 11) is 1.33. The zero-order chi connectivity index (χ0) is 13.7. The summed E-state index contributed by atoms with van der Waals surface area (Å²) in [6.45, 7) is 4.90. The van der Waals surface area contributed by atoms with E-state index >= 15 is 0 Å². The van der Waals surface area contributed by atoms with Gasteiger partial charge in [-0.25, -0.2) is 14.8 Å². The third-order valence-corrected chi connectivity index (χ3v) is 3.32. The fourth-order valence-corrected chi connectivity index (χ4v) is 2.28. The van der Waals surface area contributed by atoms with Crippen molar-refractivity contribution in [1.29, 1.82) is 0 Å². The molecular weight excluding hydrogens is 244 g/mol. The molecule has 0 aliphatic carbocycles. The molecule has 0 radical (unpaired) electrons. The first kappa shape index (κ1) is 13.7. The highest BCUT2D eigenvalue weighted by Gasteiger charge is 2.19. The molecule has 2 rings (SSSR count). The summed E-state index contributed by atoms with van der Waals surface area (Å²) in [5.41, 5.74) is 0. The Kier molecular flexibility index (Phi) is 4.68. The molecule has 0 aromatic carbocycles. The maximum Gasteiger partial charge on any atom is 0.376 e. The number of hydrogen-bond acceptors (Lipinski definition) is 6. The summed E-state index contributed by atoms with van der Waals surface area (Å²) in [5.74, 6) is 0.376. The average Bonchev–Trinajstić information content (AvgIpc) is 2.97. The number of likely N-dealkylation sites (N-methyl/N-ethyl adjacent to an activating group) is 1. The molecule has 6 nitrogen and oxygen atoms in total. The number of anilines is 1. The van der Waals surface area contributed by atoms with E-state index in [0.29, 0.717) is 6.04 Å². The minimum absolute atomic E-state index is 0.109. The molecule has 0 amide bonds. The first-order valence-corrected chi connectivity index (χ1v) is 6.64. The predicted octanol–water partition coefficient (Wildman–Crippen LogP) is 0.841. The molecule has 19 heavy (non-hydrogen) atoms. The minimum atomic E-state index is -0.503. The van der Waals surface area contributed by atoms with Gasteiger partial charge in [0.1, 0.15) is 5.82 Å². The summed E-state index contributed by atoms with van der Waals surface area (Å²) in [4.78, 5) is 21.8. The summed E-state index contributed by atoms with van der Waals surface area (Å²) < 4.78 is 4.64. The second kappa shape index (κ2) is 6.47. The fraction of sp³-hybridized carbons (Fsp3) is 0.615. The molecule has 1 aromatic rings. The largest absolute Gasteiger partial charge is 0.463 e. The summed E-state index contributed by atoms with van der Waals surface area (Å²) in [6.07, 6.45) is 4.00. The summed E-state index contributed by atoms with van der Waals surface area (Å²) in [5, 5.41) is 3.46. The molecular formula is C13H20N4O2. The molecule has 6 heteroatoms. The van der Waals surface area contributed by atoms with Gasteiger partial charge < -0.3 is 15.0 Å². The van der Waals surface area contributed by atoms with Crippen LogP contribution in [0.25, 0.3) is 0 Å². The van der Waals surface area contributed by atoms with Crippen molar-refractivity contribution >= 4 is 11.8 Å². The van der Waals surface area contributed by atoms with Crippen molar-refractivity contribution in [3.63, 3.8) is 0 Å². The maximum absolute atomic E-state index is 11.4. The molecule has 1 fully saturated rings. The van der Waals surface area contributed by atoms with E-state index in [9.17, 15) is 4.79 Å². The normalized spacial score (nSPS) is 18.3. The number of rotatable bonds is 5. The standard InChI is InChI=1S/C13H20N4O2/c1-3-17(9-10-5-4-7-14-10)11-6-8-15-12(16-11)13(18)19-2/h6,8,10,14H,3-5,7,9H2,1-2H3. The van der Waals surface area contributed by atoms with Crippen molar-refractivity contribution in [1.82, 2.24) is 15.3 Å². The van der Waals surface area contributed by atoms with E-state index in [2.05, 4.69) is 31.8 Å². The molecule has 1 atom stereocenters. The lowest BCUT2D eigenvalue weighted by atomic mass is 10.2. The van der Waals surface area contributed by atoms with Crippen LogP contribution in [0.4, 0.5) is 5.82 Å². The number of nitrogens with one attached hydrogen (secondary N) is 1. The Labute approximate surface area is 113 Å². The highest BCUT2D eigenvalue weighted by molar-refractivity contribution is 5.85. The van der Waals surface area contributed by atoms with Crippen LogP contribution in [0.3, 0.4) is 0 Å². The van der Waals surface area contributed by atoms with Crippen LogP contribution in [0, 0.1) is 0 Å². The van der Waals surface area contributed by atoms with Crippen LogP contribution in [0.5, 0.6) is 0 Å². The highest BCUT2D eigenvalue weighted by Crippen LogP contribution is 2.14. The molecule has 1 saturated heterocycles. The lowest BCUT2D eigenvalue weighted by Crippen LogP contribution is -2.38. The number of aromatic nitrogens is 2. The van der Waals surface area contributed by atoms with E-state index in [1.54, 1.807) is 6.20 Å². The average molecular weight is 264 g/mol. The summed E-state index contributed by atoms with van der Waals surface area (Å²) >= 11 is 0. The lowest BCUT2D eigenvalue weighted by molar-refractivity contribution is 0.0587. The molecule has 0 bridgehead atoms. The molecule has 0 saturated carbocycles. The molecule has 1 aromatic heterocycles. The zero-order valence-electron chi connectivity index (χ0n) is 11.4. The van der Waals surface area contributed by atoms with E-state index < -0.39 is 5.97 Å². The third-order valence-electron chi connectivity index (χ3n) is 3.32. The van der Waals surface area contributed by atoms with E-state index in [0.717, 1.165) is 25.5 Å². The van der Waals surface area contributed by atoms with Gasteiger partial charge in [-0.05, 0) is 32.4 Å².